The molecule has 0 aromatic rings. The Morgan fingerprint density at radius 3 is 3.00 bits per heavy atom. The van der Waals surface area contributed by atoms with Crippen LogP contribution in [0.3, 0.4) is 0 Å². The lowest BCUT2D eigenvalue weighted by Crippen LogP contribution is -1.98. The fourth-order valence-corrected chi connectivity index (χ4v) is 2.53. The number of allylic oxidation sites excluding steroid dienone is 5. The van der Waals surface area contributed by atoms with E-state index in [2.05, 4.69) is 50.7 Å². The van der Waals surface area contributed by atoms with Gasteiger partial charge in [0, 0.05) is 5.33 Å². The third-order valence-corrected chi connectivity index (χ3v) is 3.67. The average molecular weight is 403 g/mol. The largest absolute Gasteiger partial charge is 0.491 e. The van der Waals surface area contributed by atoms with E-state index in [0.29, 0.717) is 11.6 Å². The number of halogens is 3. The lowest BCUT2D eigenvalue weighted by molar-refractivity contribution is 0.224. The van der Waals surface area contributed by atoms with Gasteiger partial charge in [0.15, 0.2) is 5.76 Å². The summed E-state index contributed by atoms with van der Waals surface area (Å²) in [7, 11) is 0. The summed E-state index contributed by atoms with van der Waals surface area (Å²) >= 11 is 11.8. The smallest absolute Gasteiger partial charge is 0.150 e. The molecule has 0 fully saturated rings. The molecule has 0 bridgehead atoms. The van der Waals surface area contributed by atoms with Crippen LogP contribution >= 0.6 is 50.1 Å². The van der Waals surface area contributed by atoms with Crippen LogP contribution in [0.2, 0.25) is 0 Å². The van der Waals surface area contributed by atoms with Gasteiger partial charge in [0.25, 0.3) is 0 Å². The molecule has 0 atom stereocenters. The molecule has 0 unspecified atom stereocenters. The van der Waals surface area contributed by atoms with Gasteiger partial charge in [-0.05, 0) is 47.9 Å². The lowest BCUT2D eigenvalue weighted by Gasteiger charge is -2.12. The van der Waals surface area contributed by atoms with Crippen LogP contribution in [-0.4, -0.2) is 11.9 Å². The van der Waals surface area contributed by atoms with Gasteiger partial charge in [-0.2, -0.15) is 0 Å². The summed E-state index contributed by atoms with van der Waals surface area (Å²) in [6.45, 7) is 0.699. The molecule has 0 aromatic heterocycles. The second-order valence-corrected chi connectivity index (χ2v) is 5.46. The van der Waals surface area contributed by atoms with Gasteiger partial charge in [0.05, 0.1) is 15.2 Å². The first-order chi connectivity index (χ1) is 7.25. The van der Waals surface area contributed by atoms with Gasteiger partial charge in [-0.15, -0.1) is 0 Å². The van der Waals surface area contributed by atoms with E-state index in [1.54, 1.807) is 0 Å². The SMILES string of the molecule is ClC1=C(OCCCBr)/C(I)=C\CC/C=C\1. The molecule has 1 aliphatic carbocycles. The van der Waals surface area contributed by atoms with Gasteiger partial charge in [-0.3, -0.25) is 0 Å². The Morgan fingerprint density at radius 2 is 2.27 bits per heavy atom. The molecule has 15 heavy (non-hydrogen) atoms. The van der Waals surface area contributed by atoms with Crippen LogP contribution in [0, 0.1) is 0 Å². The molecule has 0 saturated carbocycles. The standard InChI is InChI=1S/C11H13BrClIO/c12-7-4-8-15-11-9(13)5-2-1-3-6-10(11)14/h2,5-6H,1,3-4,7-8H2/b5-2-,10-6+,11-9-. The Balaban J connectivity index is 2.72. The van der Waals surface area contributed by atoms with Crippen LogP contribution in [0.4, 0.5) is 0 Å². The Kier molecular flexibility index (Phi) is 7.01. The molecule has 0 heterocycles. The van der Waals surface area contributed by atoms with Crippen molar-refractivity contribution in [2.45, 2.75) is 19.3 Å². The fourth-order valence-electron chi connectivity index (χ4n) is 1.14. The number of rotatable bonds is 4. The number of hydrogen-bond acceptors (Lipinski definition) is 1. The van der Waals surface area contributed by atoms with Crippen LogP contribution in [0.15, 0.2) is 32.6 Å². The van der Waals surface area contributed by atoms with Crippen molar-refractivity contribution in [2.24, 2.45) is 0 Å². The monoisotopic (exact) mass is 402 g/mol. The molecule has 1 aliphatic rings. The van der Waals surface area contributed by atoms with Crippen molar-refractivity contribution in [1.29, 1.82) is 0 Å². The molecule has 0 N–H and O–H groups in total. The predicted octanol–water partition coefficient (Wildman–Crippen LogP) is 4.91. The summed E-state index contributed by atoms with van der Waals surface area (Å²) in [6.07, 6.45) is 9.24. The van der Waals surface area contributed by atoms with Crippen molar-refractivity contribution >= 4 is 50.1 Å². The van der Waals surface area contributed by atoms with Crippen molar-refractivity contribution in [3.05, 3.63) is 32.6 Å². The third-order valence-electron chi connectivity index (χ3n) is 1.88. The van der Waals surface area contributed by atoms with E-state index in [-0.39, 0.29) is 0 Å². The Morgan fingerprint density at radius 1 is 1.47 bits per heavy atom. The van der Waals surface area contributed by atoms with E-state index >= 15 is 0 Å². The van der Waals surface area contributed by atoms with Crippen molar-refractivity contribution in [1.82, 2.24) is 0 Å². The van der Waals surface area contributed by atoms with Crippen LogP contribution in [-0.2, 0) is 4.74 Å². The Labute approximate surface area is 118 Å². The summed E-state index contributed by atoms with van der Waals surface area (Å²) in [6, 6.07) is 0. The zero-order chi connectivity index (χ0) is 11.1. The average Bonchev–Trinajstić information content (AvgIpc) is 2.21. The maximum absolute atomic E-state index is 6.14. The minimum Gasteiger partial charge on any atom is -0.491 e. The highest BCUT2D eigenvalue weighted by atomic mass is 127. The maximum Gasteiger partial charge on any atom is 0.150 e. The quantitative estimate of drug-likeness (QED) is 0.368. The zero-order valence-corrected chi connectivity index (χ0v) is 12.8. The van der Waals surface area contributed by atoms with E-state index in [1.807, 2.05) is 6.08 Å². The summed E-state index contributed by atoms with van der Waals surface area (Å²) in [5.74, 6) is 0.814. The predicted molar refractivity (Wildman–Crippen MR) is 77.7 cm³/mol. The minimum absolute atomic E-state index is 0.699. The Hall–Kier alpha value is 0.520. The first-order valence-corrected chi connectivity index (χ1v) is 7.44. The van der Waals surface area contributed by atoms with Crippen LogP contribution < -0.4 is 0 Å². The molecule has 0 aromatic carbocycles. The first kappa shape index (κ1) is 13.6. The van der Waals surface area contributed by atoms with Gasteiger partial charge in [-0.25, -0.2) is 0 Å². The van der Waals surface area contributed by atoms with E-state index < -0.39 is 0 Å². The highest BCUT2D eigenvalue weighted by Crippen LogP contribution is 2.28. The fraction of sp³-hybridized carbons (Fsp3) is 0.455. The molecule has 1 nitrogen and oxygen atoms in total. The second kappa shape index (κ2) is 7.74. The van der Waals surface area contributed by atoms with E-state index in [9.17, 15) is 0 Å². The van der Waals surface area contributed by atoms with Gasteiger partial charge in [0.1, 0.15) is 0 Å². The second-order valence-electron chi connectivity index (χ2n) is 3.10. The van der Waals surface area contributed by atoms with E-state index in [4.69, 9.17) is 16.3 Å². The van der Waals surface area contributed by atoms with Gasteiger partial charge < -0.3 is 4.74 Å². The lowest BCUT2D eigenvalue weighted by atomic mass is 10.2. The van der Waals surface area contributed by atoms with E-state index in [1.165, 1.54) is 0 Å². The molecular formula is C11H13BrClIO. The zero-order valence-electron chi connectivity index (χ0n) is 8.31. The molecule has 0 amide bonds. The summed E-state index contributed by atoms with van der Waals surface area (Å²) in [5.41, 5.74) is 0. The van der Waals surface area contributed by atoms with Crippen molar-refractivity contribution < 1.29 is 4.74 Å². The normalized spacial score (nSPS) is 27.5. The van der Waals surface area contributed by atoms with Gasteiger partial charge in [0.2, 0.25) is 0 Å². The van der Waals surface area contributed by atoms with Gasteiger partial charge in [-0.1, -0.05) is 39.7 Å². The van der Waals surface area contributed by atoms with Crippen molar-refractivity contribution in [3.8, 4) is 0 Å². The number of alkyl halides is 1. The highest BCUT2D eigenvalue weighted by Gasteiger charge is 2.09. The van der Waals surface area contributed by atoms with Crippen LogP contribution in [0.1, 0.15) is 19.3 Å². The topological polar surface area (TPSA) is 9.23 Å². The number of hydrogen-bond donors (Lipinski definition) is 0. The molecule has 4 heteroatoms. The van der Waals surface area contributed by atoms with Gasteiger partial charge >= 0.3 is 0 Å². The summed E-state index contributed by atoms with van der Waals surface area (Å²) < 4.78 is 6.78. The van der Waals surface area contributed by atoms with Crippen molar-refractivity contribution in [2.75, 3.05) is 11.9 Å². The van der Waals surface area contributed by atoms with E-state index in [0.717, 1.165) is 33.9 Å². The minimum atomic E-state index is 0.699. The molecule has 0 spiro atoms. The molecule has 84 valence electrons. The molecular weight excluding hydrogens is 390 g/mol. The molecule has 1 rings (SSSR count). The third kappa shape index (κ3) is 4.91. The van der Waals surface area contributed by atoms with Crippen LogP contribution in [0.5, 0.6) is 0 Å². The summed E-state index contributed by atoms with van der Waals surface area (Å²) in [4.78, 5) is 0. The maximum atomic E-state index is 6.14. The molecule has 0 saturated heterocycles. The summed E-state index contributed by atoms with van der Waals surface area (Å²) in [5, 5.41) is 1.65. The Bertz CT molecular complexity index is 297. The first-order valence-electron chi connectivity index (χ1n) is 4.87. The molecule has 0 radical (unpaired) electrons. The number of ether oxygens (including phenoxy) is 1. The highest BCUT2D eigenvalue weighted by molar-refractivity contribution is 14.1. The van der Waals surface area contributed by atoms with Crippen molar-refractivity contribution in [3.63, 3.8) is 0 Å². The molecule has 0 aliphatic heterocycles. The van der Waals surface area contributed by atoms with Crippen LogP contribution in [0.25, 0.3) is 0 Å².